The van der Waals surface area contributed by atoms with Crippen LogP contribution in [0.2, 0.25) is 0 Å². The SMILES string of the molecule is CCOC(=O)C1=C(c2ccccc2)N=c2s/c(=C\c3cc(I)cc(I)c3OCc3cccc4ccccc34)c(=O)n2[C@H]1c1ccccc1. The van der Waals surface area contributed by atoms with E-state index < -0.39 is 12.0 Å². The van der Waals surface area contributed by atoms with Crippen molar-refractivity contribution in [3.8, 4) is 5.75 Å². The zero-order chi connectivity index (χ0) is 33.2. The van der Waals surface area contributed by atoms with E-state index in [0.29, 0.717) is 33.0 Å². The van der Waals surface area contributed by atoms with Crippen molar-refractivity contribution in [2.24, 2.45) is 4.99 Å². The summed E-state index contributed by atoms with van der Waals surface area (Å²) in [7, 11) is 0. The van der Waals surface area contributed by atoms with E-state index in [2.05, 4.69) is 75.5 Å². The van der Waals surface area contributed by atoms with Gasteiger partial charge in [0.15, 0.2) is 4.80 Å². The Hall–Kier alpha value is -4.07. The number of hydrogen-bond donors (Lipinski definition) is 0. The third kappa shape index (κ3) is 6.38. The van der Waals surface area contributed by atoms with Gasteiger partial charge in [0.2, 0.25) is 0 Å². The van der Waals surface area contributed by atoms with Crippen molar-refractivity contribution in [3.05, 3.63) is 170 Å². The highest BCUT2D eigenvalue weighted by Gasteiger charge is 2.35. The summed E-state index contributed by atoms with van der Waals surface area (Å²) in [6, 6.07) is 37.0. The first-order chi connectivity index (χ1) is 23.4. The molecule has 1 aromatic heterocycles. The number of carbonyl (C=O) groups excluding carboxylic acids is 1. The van der Waals surface area contributed by atoms with E-state index in [1.807, 2.05) is 91.0 Å². The van der Waals surface area contributed by atoms with Crippen LogP contribution in [0, 0.1) is 7.14 Å². The fourth-order valence-electron chi connectivity index (χ4n) is 5.94. The highest BCUT2D eigenvalue weighted by Crippen LogP contribution is 2.35. The second kappa shape index (κ2) is 14.2. The first-order valence-corrected chi connectivity index (χ1v) is 18.3. The van der Waals surface area contributed by atoms with E-state index in [1.54, 1.807) is 11.5 Å². The summed E-state index contributed by atoms with van der Waals surface area (Å²) in [6.45, 7) is 2.34. The minimum atomic E-state index is -0.725. The van der Waals surface area contributed by atoms with Crippen molar-refractivity contribution in [1.82, 2.24) is 4.57 Å². The fourth-order valence-corrected chi connectivity index (χ4v) is 8.98. The summed E-state index contributed by atoms with van der Waals surface area (Å²) in [5.41, 5.74) is 4.02. The van der Waals surface area contributed by atoms with Crippen LogP contribution < -0.4 is 19.6 Å². The maximum atomic E-state index is 14.4. The number of fused-ring (bicyclic) bond motifs is 2. The van der Waals surface area contributed by atoms with Crippen molar-refractivity contribution >= 4 is 85.0 Å². The lowest BCUT2D eigenvalue weighted by Crippen LogP contribution is -2.40. The minimum Gasteiger partial charge on any atom is -0.487 e. The Balaban J connectivity index is 1.39. The molecule has 1 aliphatic heterocycles. The molecule has 0 radical (unpaired) electrons. The molecule has 48 heavy (non-hydrogen) atoms. The van der Waals surface area contributed by atoms with Crippen LogP contribution >= 0.6 is 56.5 Å². The Morgan fingerprint density at radius 1 is 0.917 bits per heavy atom. The van der Waals surface area contributed by atoms with Crippen LogP contribution in [-0.4, -0.2) is 17.1 Å². The Morgan fingerprint density at radius 3 is 2.40 bits per heavy atom. The van der Waals surface area contributed by atoms with Gasteiger partial charge in [0.25, 0.3) is 5.56 Å². The number of ether oxygens (including phenoxy) is 2. The lowest BCUT2D eigenvalue weighted by atomic mass is 9.93. The summed E-state index contributed by atoms with van der Waals surface area (Å²) >= 11 is 5.88. The number of carbonyl (C=O) groups is 1. The number of esters is 1. The van der Waals surface area contributed by atoms with E-state index in [4.69, 9.17) is 14.5 Å². The summed E-state index contributed by atoms with van der Waals surface area (Å²) in [5.74, 6) is 0.200. The van der Waals surface area contributed by atoms with Crippen molar-refractivity contribution < 1.29 is 14.3 Å². The smallest absolute Gasteiger partial charge is 0.338 e. The molecule has 9 heteroatoms. The third-order valence-corrected chi connectivity index (χ3v) is 10.5. The van der Waals surface area contributed by atoms with Gasteiger partial charge in [-0.2, -0.15) is 0 Å². The molecule has 238 valence electrons. The van der Waals surface area contributed by atoms with E-state index in [1.165, 1.54) is 11.3 Å². The van der Waals surface area contributed by atoms with E-state index >= 15 is 0 Å². The highest BCUT2D eigenvalue weighted by atomic mass is 127. The standard InChI is InChI=1S/C39H28I2N2O4S/c1-2-46-38(45)33-34(25-13-5-3-6-14-25)42-39-43(35(33)26-15-7-4-8-16-26)37(44)32(48-39)21-28-20-29(40)22-31(41)36(28)47-23-27-18-11-17-24-12-9-10-19-30(24)27/h3-22,35H,2,23H2,1H3/b32-21-/t35-/m0/s1. The molecule has 0 amide bonds. The van der Waals surface area contributed by atoms with Gasteiger partial charge in [-0.15, -0.1) is 0 Å². The fraction of sp³-hybridized carbons (Fsp3) is 0.103. The Morgan fingerprint density at radius 2 is 1.62 bits per heavy atom. The maximum absolute atomic E-state index is 14.4. The third-order valence-electron chi connectivity index (χ3n) is 8.06. The van der Waals surface area contributed by atoms with Gasteiger partial charge in [0.05, 0.1) is 32.0 Å². The molecule has 1 atom stereocenters. The van der Waals surface area contributed by atoms with Gasteiger partial charge in [-0.05, 0) is 92.2 Å². The van der Waals surface area contributed by atoms with Gasteiger partial charge >= 0.3 is 5.97 Å². The molecule has 1 aliphatic rings. The molecule has 0 aliphatic carbocycles. The number of rotatable bonds is 8. The van der Waals surface area contributed by atoms with E-state index in [9.17, 15) is 9.59 Å². The number of aromatic nitrogens is 1. The molecule has 2 heterocycles. The molecular formula is C39H28I2N2O4S. The second-order valence-electron chi connectivity index (χ2n) is 11.1. The van der Waals surface area contributed by atoms with Crippen molar-refractivity contribution in [2.75, 3.05) is 6.61 Å². The van der Waals surface area contributed by atoms with Gasteiger partial charge in [0.1, 0.15) is 12.4 Å². The zero-order valence-corrected chi connectivity index (χ0v) is 30.9. The topological polar surface area (TPSA) is 69.9 Å². The molecule has 6 nitrogen and oxygen atoms in total. The predicted molar refractivity (Wildman–Crippen MR) is 208 cm³/mol. The van der Waals surface area contributed by atoms with Crippen LogP contribution in [-0.2, 0) is 16.1 Å². The Labute approximate surface area is 308 Å². The van der Waals surface area contributed by atoms with Crippen LogP contribution in [0.25, 0.3) is 22.5 Å². The molecule has 0 saturated heterocycles. The molecule has 7 rings (SSSR count). The van der Waals surface area contributed by atoms with Crippen LogP contribution in [0.5, 0.6) is 5.75 Å². The van der Waals surface area contributed by atoms with E-state index in [0.717, 1.165) is 40.2 Å². The normalized spacial score (nSPS) is 14.5. The highest BCUT2D eigenvalue weighted by molar-refractivity contribution is 14.1. The number of nitrogens with zero attached hydrogens (tertiary/aromatic N) is 2. The van der Waals surface area contributed by atoms with Gasteiger partial charge in [-0.1, -0.05) is 114 Å². The minimum absolute atomic E-state index is 0.198. The molecule has 6 aromatic rings. The lowest BCUT2D eigenvalue weighted by molar-refractivity contribution is -0.138. The second-order valence-corrected chi connectivity index (χ2v) is 14.5. The van der Waals surface area contributed by atoms with Crippen molar-refractivity contribution in [1.29, 1.82) is 0 Å². The van der Waals surface area contributed by atoms with Gasteiger partial charge in [-0.25, -0.2) is 9.79 Å². The molecular weight excluding hydrogens is 846 g/mol. The van der Waals surface area contributed by atoms with E-state index in [-0.39, 0.29) is 12.2 Å². The number of hydrogen-bond acceptors (Lipinski definition) is 6. The first-order valence-electron chi connectivity index (χ1n) is 15.3. The molecule has 5 aromatic carbocycles. The quantitative estimate of drug-likeness (QED) is 0.115. The summed E-state index contributed by atoms with van der Waals surface area (Å²) in [5, 5.41) is 2.30. The molecule has 0 bridgehead atoms. The number of thiazole rings is 1. The van der Waals surface area contributed by atoms with Crippen LogP contribution in [0.15, 0.2) is 131 Å². The Kier molecular flexibility index (Phi) is 9.60. The lowest BCUT2D eigenvalue weighted by Gasteiger charge is -2.25. The molecule has 0 unspecified atom stereocenters. The van der Waals surface area contributed by atoms with Gasteiger partial charge in [0, 0.05) is 14.7 Å². The molecule has 0 N–H and O–H groups in total. The van der Waals surface area contributed by atoms with Crippen molar-refractivity contribution in [3.63, 3.8) is 0 Å². The Bertz CT molecular complexity index is 2380. The number of halogens is 2. The first kappa shape index (κ1) is 32.5. The average molecular weight is 875 g/mol. The van der Waals surface area contributed by atoms with Crippen molar-refractivity contribution in [2.45, 2.75) is 19.6 Å². The molecule has 0 spiro atoms. The maximum Gasteiger partial charge on any atom is 0.338 e. The van der Waals surface area contributed by atoms with Gasteiger partial charge < -0.3 is 9.47 Å². The largest absolute Gasteiger partial charge is 0.487 e. The van der Waals surface area contributed by atoms with Crippen LogP contribution in [0.3, 0.4) is 0 Å². The average Bonchev–Trinajstić information content (AvgIpc) is 3.41. The predicted octanol–water partition coefficient (Wildman–Crippen LogP) is 7.88. The van der Waals surface area contributed by atoms with Crippen LogP contribution in [0.1, 0.15) is 35.2 Å². The monoisotopic (exact) mass is 874 g/mol. The van der Waals surface area contributed by atoms with Crippen LogP contribution in [0.4, 0.5) is 0 Å². The number of benzene rings is 5. The molecule has 0 saturated carbocycles. The molecule has 0 fully saturated rings. The summed E-state index contributed by atoms with van der Waals surface area (Å²) in [4.78, 5) is 33.6. The van der Waals surface area contributed by atoms with Gasteiger partial charge in [-0.3, -0.25) is 9.36 Å². The summed E-state index contributed by atoms with van der Waals surface area (Å²) in [6.07, 6.45) is 1.88. The zero-order valence-electron chi connectivity index (χ0n) is 25.7. The summed E-state index contributed by atoms with van der Waals surface area (Å²) < 4.78 is 16.2.